The van der Waals surface area contributed by atoms with Crippen LogP contribution in [0.15, 0.2) is 36.5 Å². The van der Waals surface area contributed by atoms with Gasteiger partial charge < -0.3 is 4.98 Å². The summed E-state index contributed by atoms with van der Waals surface area (Å²) in [5, 5.41) is 0. The summed E-state index contributed by atoms with van der Waals surface area (Å²) >= 11 is 0. The fourth-order valence-electron chi connectivity index (χ4n) is 1.15. The first-order chi connectivity index (χ1) is 6.77. The number of halogens is 2. The molecule has 0 spiro atoms. The number of aromatic nitrogens is 1. The van der Waals surface area contributed by atoms with Gasteiger partial charge in [0.15, 0.2) is 0 Å². The van der Waals surface area contributed by atoms with Crippen LogP contribution in [0.2, 0.25) is 0 Å². The molecular weight excluding hydrogens is 376 g/mol. The van der Waals surface area contributed by atoms with Crippen molar-refractivity contribution < 1.29 is 28.9 Å². The molecule has 15 heavy (non-hydrogen) atoms. The Hall–Kier alpha value is -1.12. The van der Waals surface area contributed by atoms with Gasteiger partial charge in [0.1, 0.15) is 0 Å². The van der Waals surface area contributed by atoms with Crippen LogP contribution in [0, 0.1) is 17.7 Å². The molecule has 0 aliphatic heterocycles. The standard InChI is InChI=1S/C11H6F2N.Ir/c12-8-4-5-9(10(13)7-8)11-3-1-2-6-14-11;/h1-4,6-7H;/q-1;. The Labute approximate surface area is 99.5 Å². The van der Waals surface area contributed by atoms with Gasteiger partial charge in [-0.2, -0.15) is 0 Å². The summed E-state index contributed by atoms with van der Waals surface area (Å²) < 4.78 is 25.8. The van der Waals surface area contributed by atoms with Crippen molar-refractivity contribution in [1.82, 2.24) is 4.98 Å². The average Bonchev–Trinajstić information content (AvgIpc) is 2.19. The zero-order valence-corrected chi connectivity index (χ0v) is 9.90. The minimum absolute atomic E-state index is 0. The summed E-state index contributed by atoms with van der Waals surface area (Å²) in [5.41, 5.74) is 0.636. The second kappa shape index (κ2) is 5.10. The molecule has 0 atom stereocenters. The van der Waals surface area contributed by atoms with Crippen molar-refractivity contribution in [3.63, 3.8) is 0 Å². The van der Waals surface area contributed by atoms with E-state index in [4.69, 9.17) is 0 Å². The molecule has 0 amide bonds. The van der Waals surface area contributed by atoms with E-state index in [-0.39, 0.29) is 25.7 Å². The van der Waals surface area contributed by atoms with Gasteiger partial charge in [-0.1, -0.05) is 23.8 Å². The first-order valence-electron chi connectivity index (χ1n) is 4.05. The van der Waals surface area contributed by atoms with Gasteiger partial charge >= 0.3 is 0 Å². The Bertz CT molecular complexity index is 446. The third-order valence-electron chi connectivity index (χ3n) is 1.78. The maximum Gasteiger partial charge on any atom is 0.0408 e. The molecule has 0 aliphatic carbocycles. The number of hydrogen-bond donors (Lipinski definition) is 0. The van der Waals surface area contributed by atoms with Gasteiger partial charge in [0.2, 0.25) is 0 Å². The van der Waals surface area contributed by atoms with Gasteiger partial charge in [-0.15, -0.1) is 12.1 Å². The molecule has 1 aromatic heterocycles. The molecule has 0 fully saturated rings. The number of rotatable bonds is 1. The number of hydrogen-bond acceptors (Lipinski definition) is 1. The first-order valence-corrected chi connectivity index (χ1v) is 4.05. The Balaban J connectivity index is 0.00000112. The third-order valence-corrected chi connectivity index (χ3v) is 1.78. The van der Waals surface area contributed by atoms with Crippen LogP contribution in [-0.2, 0) is 20.1 Å². The largest absolute Gasteiger partial charge is 0.305 e. The molecule has 0 unspecified atom stereocenters. The number of benzene rings is 1. The van der Waals surface area contributed by atoms with Crippen LogP contribution in [-0.4, -0.2) is 4.98 Å². The Morgan fingerprint density at radius 3 is 2.60 bits per heavy atom. The SMILES string of the molecule is Fc1c[c-]c(-c2ccccn2)c(F)c1.[Ir]. The summed E-state index contributed by atoms with van der Waals surface area (Å²) in [5.74, 6) is -1.29. The summed E-state index contributed by atoms with van der Waals surface area (Å²) in [4.78, 5) is 3.95. The van der Waals surface area contributed by atoms with Gasteiger partial charge in [0.25, 0.3) is 0 Å². The van der Waals surface area contributed by atoms with E-state index in [9.17, 15) is 8.78 Å². The van der Waals surface area contributed by atoms with Crippen molar-refractivity contribution >= 4 is 0 Å². The van der Waals surface area contributed by atoms with Crippen molar-refractivity contribution in [3.8, 4) is 11.3 Å². The molecule has 2 aromatic rings. The van der Waals surface area contributed by atoms with E-state index in [1.165, 1.54) is 0 Å². The van der Waals surface area contributed by atoms with Crippen LogP contribution in [0.1, 0.15) is 0 Å². The fraction of sp³-hybridized carbons (Fsp3) is 0. The number of pyridine rings is 1. The third kappa shape index (κ3) is 2.67. The van der Waals surface area contributed by atoms with Crippen LogP contribution in [0.4, 0.5) is 8.78 Å². The van der Waals surface area contributed by atoms with Crippen molar-refractivity contribution in [2.45, 2.75) is 0 Å². The molecule has 0 N–H and O–H groups in total. The summed E-state index contributed by atoms with van der Waals surface area (Å²) in [6, 6.07) is 9.53. The maximum atomic E-state index is 13.2. The molecule has 1 heterocycles. The van der Waals surface area contributed by atoms with Gasteiger partial charge in [-0.25, -0.2) is 0 Å². The van der Waals surface area contributed by atoms with E-state index in [1.54, 1.807) is 24.4 Å². The average molecular weight is 382 g/mol. The Kier molecular flexibility index (Phi) is 4.06. The summed E-state index contributed by atoms with van der Waals surface area (Å²) in [6.45, 7) is 0. The molecule has 1 nitrogen and oxygen atoms in total. The van der Waals surface area contributed by atoms with E-state index in [0.29, 0.717) is 5.69 Å². The van der Waals surface area contributed by atoms with E-state index in [0.717, 1.165) is 12.1 Å². The molecule has 2 rings (SSSR count). The van der Waals surface area contributed by atoms with Crippen LogP contribution in [0.5, 0.6) is 0 Å². The molecular formula is C11H6F2IrN-. The van der Waals surface area contributed by atoms with E-state index in [1.807, 2.05) is 0 Å². The Morgan fingerprint density at radius 1 is 1.20 bits per heavy atom. The summed E-state index contributed by atoms with van der Waals surface area (Å²) in [6.07, 6.45) is 1.55. The fourth-order valence-corrected chi connectivity index (χ4v) is 1.15. The predicted molar refractivity (Wildman–Crippen MR) is 48.4 cm³/mol. The van der Waals surface area contributed by atoms with Gasteiger partial charge in [0, 0.05) is 37.9 Å². The van der Waals surface area contributed by atoms with E-state index < -0.39 is 11.6 Å². The quantitative estimate of drug-likeness (QED) is 0.692. The molecule has 79 valence electrons. The molecule has 0 aliphatic rings. The maximum absolute atomic E-state index is 13.2. The second-order valence-corrected chi connectivity index (χ2v) is 2.76. The molecule has 1 radical (unpaired) electrons. The monoisotopic (exact) mass is 383 g/mol. The minimum Gasteiger partial charge on any atom is -0.305 e. The molecule has 4 heteroatoms. The van der Waals surface area contributed by atoms with Gasteiger partial charge in [-0.05, 0) is 11.8 Å². The van der Waals surface area contributed by atoms with Crippen LogP contribution < -0.4 is 0 Å². The first kappa shape index (κ1) is 12.0. The van der Waals surface area contributed by atoms with Crippen LogP contribution >= 0.6 is 0 Å². The molecule has 0 bridgehead atoms. The second-order valence-electron chi connectivity index (χ2n) is 2.76. The molecule has 0 saturated heterocycles. The van der Waals surface area contributed by atoms with E-state index >= 15 is 0 Å². The summed E-state index contributed by atoms with van der Waals surface area (Å²) in [7, 11) is 0. The van der Waals surface area contributed by atoms with Gasteiger partial charge in [-0.3, -0.25) is 8.78 Å². The van der Waals surface area contributed by atoms with Crippen molar-refractivity contribution in [1.29, 1.82) is 0 Å². The molecule has 0 saturated carbocycles. The normalized spacial score (nSPS) is 9.47. The van der Waals surface area contributed by atoms with Crippen molar-refractivity contribution in [3.05, 3.63) is 54.2 Å². The van der Waals surface area contributed by atoms with Crippen LogP contribution in [0.3, 0.4) is 0 Å². The molecule has 1 aromatic carbocycles. The van der Waals surface area contributed by atoms with Crippen molar-refractivity contribution in [2.75, 3.05) is 0 Å². The number of nitrogens with zero attached hydrogens (tertiary/aromatic N) is 1. The van der Waals surface area contributed by atoms with Crippen molar-refractivity contribution in [2.24, 2.45) is 0 Å². The zero-order chi connectivity index (χ0) is 9.97. The smallest absolute Gasteiger partial charge is 0.0408 e. The van der Waals surface area contributed by atoms with Crippen LogP contribution in [0.25, 0.3) is 11.3 Å². The topological polar surface area (TPSA) is 12.9 Å². The van der Waals surface area contributed by atoms with Gasteiger partial charge in [0.05, 0.1) is 0 Å². The minimum atomic E-state index is -0.649. The van der Waals surface area contributed by atoms with E-state index in [2.05, 4.69) is 11.1 Å². The predicted octanol–water partition coefficient (Wildman–Crippen LogP) is 2.82. The Morgan fingerprint density at radius 2 is 2.00 bits per heavy atom. The zero-order valence-electron chi connectivity index (χ0n) is 7.50.